The van der Waals surface area contributed by atoms with Gasteiger partial charge in [-0.3, -0.25) is 4.68 Å². The highest BCUT2D eigenvalue weighted by molar-refractivity contribution is 4.64. The predicted octanol–water partition coefficient (Wildman–Crippen LogP) is 1.69. The van der Waals surface area contributed by atoms with Gasteiger partial charge in [-0.1, -0.05) is 31.9 Å². The minimum Gasteiger partial charge on any atom is -0.316 e. The van der Waals surface area contributed by atoms with Gasteiger partial charge >= 0.3 is 0 Å². The molecule has 15 heavy (non-hydrogen) atoms. The van der Waals surface area contributed by atoms with Crippen LogP contribution in [0.1, 0.15) is 33.1 Å². The molecule has 0 aliphatic carbocycles. The van der Waals surface area contributed by atoms with Crippen LogP contribution in [0.4, 0.5) is 0 Å². The molecule has 0 bridgehead atoms. The molecule has 0 saturated carbocycles. The summed E-state index contributed by atoms with van der Waals surface area (Å²) < 4.78 is 1.87. The van der Waals surface area contributed by atoms with E-state index in [0.717, 1.165) is 32.0 Å². The van der Waals surface area contributed by atoms with Crippen LogP contribution in [-0.4, -0.2) is 28.1 Å². The van der Waals surface area contributed by atoms with Crippen molar-refractivity contribution in [1.82, 2.24) is 20.3 Å². The lowest BCUT2D eigenvalue weighted by Gasteiger charge is -2.12. The van der Waals surface area contributed by atoms with Crippen LogP contribution in [0.25, 0.3) is 0 Å². The molecular weight excluding hydrogens is 188 g/mol. The summed E-state index contributed by atoms with van der Waals surface area (Å²) in [7, 11) is 0. The van der Waals surface area contributed by atoms with Gasteiger partial charge in [-0.05, 0) is 25.4 Å². The van der Waals surface area contributed by atoms with E-state index in [9.17, 15) is 0 Å². The first-order valence-corrected chi connectivity index (χ1v) is 5.91. The normalized spacial score (nSPS) is 11.1. The van der Waals surface area contributed by atoms with Crippen LogP contribution in [0, 0.1) is 5.92 Å². The highest BCUT2D eigenvalue weighted by atomic mass is 15.4. The van der Waals surface area contributed by atoms with Crippen LogP contribution < -0.4 is 5.32 Å². The molecule has 1 aromatic heterocycles. The Morgan fingerprint density at radius 3 is 2.73 bits per heavy atom. The van der Waals surface area contributed by atoms with Gasteiger partial charge in [0.15, 0.2) is 0 Å². The Bertz CT molecular complexity index is 229. The maximum Gasteiger partial charge on any atom is 0.0692 e. The minimum atomic E-state index is 0.830. The van der Waals surface area contributed by atoms with E-state index < -0.39 is 0 Å². The number of nitrogens with zero attached hydrogens (tertiary/aromatic N) is 3. The van der Waals surface area contributed by atoms with Gasteiger partial charge in [0.1, 0.15) is 0 Å². The Kier molecular flexibility index (Phi) is 6.00. The molecule has 0 unspecified atom stereocenters. The van der Waals surface area contributed by atoms with Gasteiger partial charge in [0, 0.05) is 12.7 Å². The summed E-state index contributed by atoms with van der Waals surface area (Å²) in [6.07, 6.45) is 7.28. The largest absolute Gasteiger partial charge is 0.316 e. The van der Waals surface area contributed by atoms with Crippen LogP contribution in [-0.2, 0) is 6.54 Å². The summed E-state index contributed by atoms with van der Waals surface area (Å²) >= 11 is 0. The molecule has 0 amide bonds. The first-order valence-electron chi connectivity index (χ1n) is 5.91. The lowest BCUT2D eigenvalue weighted by atomic mass is 10.0. The topological polar surface area (TPSA) is 42.7 Å². The van der Waals surface area contributed by atoms with Crippen LogP contribution in [0.5, 0.6) is 0 Å². The molecule has 1 N–H and O–H groups in total. The second-order valence-electron chi connectivity index (χ2n) is 3.91. The van der Waals surface area contributed by atoms with Crippen molar-refractivity contribution in [3.63, 3.8) is 0 Å². The average Bonchev–Trinajstić information content (AvgIpc) is 2.76. The number of hydrogen-bond donors (Lipinski definition) is 1. The van der Waals surface area contributed by atoms with E-state index in [-0.39, 0.29) is 0 Å². The summed E-state index contributed by atoms with van der Waals surface area (Å²) in [5, 5.41) is 11.2. The van der Waals surface area contributed by atoms with E-state index in [1.807, 2.05) is 10.9 Å². The third kappa shape index (κ3) is 4.93. The van der Waals surface area contributed by atoms with Gasteiger partial charge in [0.05, 0.1) is 6.20 Å². The van der Waals surface area contributed by atoms with Crippen molar-refractivity contribution in [3.05, 3.63) is 12.4 Å². The van der Waals surface area contributed by atoms with Crippen molar-refractivity contribution < 1.29 is 0 Å². The van der Waals surface area contributed by atoms with Gasteiger partial charge < -0.3 is 5.32 Å². The Hall–Kier alpha value is -0.900. The van der Waals surface area contributed by atoms with Crippen molar-refractivity contribution >= 4 is 0 Å². The van der Waals surface area contributed by atoms with E-state index >= 15 is 0 Å². The summed E-state index contributed by atoms with van der Waals surface area (Å²) in [4.78, 5) is 0. The SMILES string of the molecule is CCC(CC)CNCCCn1ccnn1. The molecule has 0 radical (unpaired) electrons. The molecule has 86 valence electrons. The summed E-state index contributed by atoms with van der Waals surface area (Å²) in [6.45, 7) is 7.67. The molecule has 0 spiro atoms. The first kappa shape index (κ1) is 12.2. The van der Waals surface area contributed by atoms with Gasteiger partial charge in [-0.25, -0.2) is 0 Å². The molecule has 1 heterocycles. The van der Waals surface area contributed by atoms with Gasteiger partial charge in [-0.2, -0.15) is 0 Å². The minimum absolute atomic E-state index is 0.830. The van der Waals surface area contributed by atoms with E-state index in [0.29, 0.717) is 0 Å². The Morgan fingerprint density at radius 1 is 1.33 bits per heavy atom. The van der Waals surface area contributed by atoms with E-state index in [1.165, 1.54) is 12.8 Å². The van der Waals surface area contributed by atoms with Crippen molar-refractivity contribution in [2.45, 2.75) is 39.7 Å². The zero-order valence-corrected chi connectivity index (χ0v) is 9.82. The molecule has 0 fully saturated rings. The Balaban J connectivity index is 1.97. The lowest BCUT2D eigenvalue weighted by molar-refractivity contribution is 0.437. The molecule has 1 rings (SSSR count). The van der Waals surface area contributed by atoms with E-state index in [4.69, 9.17) is 0 Å². The number of nitrogens with one attached hydrogen (secondary N) is 1. The van der Waals surface area contributed by atoms with Crippen LogP contribution >= 0.6 is 0 Å². The van der Waals surface area contributed by atoms with Gasteiger partial charge in [0.25, 0.3) is 0 Å². The predicted molar refractivity (Wildman–Crippen MR) is 61.6 cm³/mol. The van der Waals surface area contributed by atoms with Crippen LogP contribution in [0.15, 0.2) is 12.4 Å². The van der Waals surface area contributed by atoms with Crippen molar-refractivity contribution in [1.29, 1.82) is 0 Å². The van der Waals surface area contributed by atoms with Crippen molar-refractivity contribution in [2.24, 2.45) is 5.92 Å². The second kappa shape index (κ2) is 7.40. The number of hydrogen-bond acceptors (Lipinski definition) is 3. The van der Waals surface area contributed by atoms with Crippen LogP contribution in [0.2, 0.25) is 0 Å². The fraction of sp³-hybridized carbons (Fsp3) is 0.818. The number of rotatable bonds is 8. The van der Waals surface area contributed by atoms with Crippen LogP contribution in [0.3, 0.4) is 0 Å². The third-order valence-corrected chi connectivity index (χ3v) is 2.80. The first-order chi connectivity index (χ1) is 7.36. The lowest BCUT2D eigenvalue weighted by Crippen LogP contribution is -2.24. The fourth-order valence-electron chi connectivity index (χ4n) is 1.60. The Labute approximate surface area is 92.1 Å². The summed E-state index contributed by atoms with van der Waals surface area (Å²) in [5.74, 6) is 0.830. The third-order valence-electron chi connectivity index (χ3n) is 2.80. The standard InChI is InChI=1S/C11H22N4/c1-3-11(4-2)10-12-6-5-8-15-9-7-13-14-15/h7,9,11-12H,3-6,8,10H2,1-2H3. The summed E-state index contributed by atoms with van der Waals surface area (Å²) in [5.41, 5.74) is 0. The van der Waals surface area contributed by atoms with E-state index in [2.05, 4.69) is 29.5 Å². The number of aromatic nitrogens is 3. The van der Waals surface area contributed by atoms with Crippen molar-refractivity contribution in [2.75, 3.05) is 13.1 Å². The molecule has 0 aliphatic heterocycles. The molecule has 0 aromatic carbocycles. The fourth-order valence-corrected chi connectivity index (χ4v) is 1.60. The molecule has 0 atom stereocenters. The van der Waals surface area contributed by atoms with Crippen molar-refractivity contribution in [3.8, 4) is 0 Å². The zero-order chi connectivity index (χ0) is 10.9. The number of aryl methyl sites for hydroxylation is 1. The zero-order valence-electron chi connectivity index (χ0n) is 9.82. The van der Waals surface area contributed by atoms with E-state index in [1.54, 1.807) is 6.20 Å². The molecule has 1 aromatic rings. The molecule has 4 nitrogen and oxygen atoms in total. The molecule has 4 heteroatoms. The maximum atomic E-state index is 3.92. The Morgan fingerprint density at radius 2 is 2.13 bits per heavy atom. The smallest absolute Gasteiger partial charge is 0.0692 e. The average molecular weight is 210 g/mol. The molecular formula is C11H22N4. The summed E-state index contributed by atoms with van der Waals surface area (Å²) in [6, 6.07) is 0. The quantitative estimate of drug-likeness (QED) is 0.664. The maximum absolute atomic E-state index is 3.92. The second-order valence-corrected chi connectivity index (χ2v) is 3.91. The highest BCUT2D eigenvalue weighted by Crippen LogP contribution is 2.04. The monoisotopic (exact) mass is 210 g/mol. The molecule has 0 saturated heterocycles. The highest BCUT2D eigenvalue weighted by Gasteiger charge is 2.01. The van der Waals surface area contributed by atoms with Gasteiger partial charge in [-0.15, -0.1) is 5.10 Å². The van der Waals surface area contributed by atoms with Gasteiger partial charge in [0.2, 0.25) is 0 Å². The molecule has 0 aliphatic rings.